The van der Waals surface area contributed by atoms with Crippen molar-refractivity contribution < 1.29 is 4.39 Å². The Labute approximate surface area is 181 Å². The zero-order chi connectivity index (χ0) is 21.5. The van der Waals surface area contributed by atoms with Crippen molar-refractivity contribution in [2.45, 2.75) is 26.4 Å². The second kappa shape index (κ2) is 9.93. The maximum absolute atomic E-state index is 13.6. The van der Waals surface area contributed by atoms with E-state index >= 15 is 0 Å². The molecule has 0 fully saturated rings. The van der Waals surface area contributed by atoms with Crippen LogP contribution in [0, 0.1) is 5.82 Å². The van der Waals surface area contributed by atoms with Crippen molar-refractivity contribution in [2.75, 3.05) is 13.1 Å². The van der Waals surface area contributed by atoms with Gasteiger partial charge in [-0.05, 0) is 54.3 Å². The Bertz CT molecular complexity index is 1150. The molecule has 2 aromatic carbocycles. The van der Waals surface area contributed by atoms with E-state index in [1.54, 1.807) is 18.3 Å². The summed E-state index contributed by atoms with van der Waals surface area (Å²) in [5.74, 6) is 0.553. The molecular formula is C24H27FN6. The first-order chi connectivity index (χ1) is 15.2. The SMILES string of the molecule is CCNC(=NCc1cccc(Cn2cccn2)c1)NCCc1c[nH]c2ccc(F)cc12. The zero-order valence-electron chi connectivity index (χ0n) is 17.6. The van der Waals surface area contributed by atoms with Gasteiger partial charge in [0.25, 0.3) is 0 Å². The molecule has 4 rings (SSSR count). The predicted molar refractivity (Wildman–Crippen MR) is 123 cm³/mol. The van der Waals surface area contributed by atoms with E-state index in [9.17, 15) is 4.39 Å². The van der Waals surface area contributed by atoms with Crippen molar-refractivity contribution in [3.63, 3.8) is 0 Å². The minimum Gasteiger partial charge on any atom is -0.361 e. The standard InChI is InChI=1S/C24H27FN6/c1-2-26-24(27-11-9-20-16-28-23-8-7-21(25)14-22(20)23)29-15-18-5-3-6-19(13-18)17-31-12-4-10-30-31/h3-8,10,12-14,16,28H,2,9,11,15,17H2,1H3,(H2,26,27,29). The molecule has 0 aliphatic heterocycles. The number of H-pyrrole nitrogens is 1. The Hall–Kier alpha value is -3.61. The first-order valence-electron chi connectivity index (χ1n) is 10.5. The lowest BCUT2D eigenvalue weighted by Gasteiger charge is -2.11. The summed E-state index contributed by atoms with van der Waals surface area (Å²) >= 11 is 0. The third kappa shape index (κ3) is 5.51. The minimum atomic E-state index is -0.217. The molecule has 7 heteroatoms. The predicted octanol–water partition coefficient (Wildman–Crippen LogP) is 3.85. The molecule has 0 saturated carbocycles. The van der Waals surface area contributed by atoms with Gasteiger partial charge in [-0.3, -0.25) is 4.68 Å². The lowest BCUT2D eigenvalue weighted by Crippen LogP contribution is -2.38. The van der Waals surface area contributed by atoms with E-state index in [4.69, 9.17) is 4.99 Å². The molecular weight excluding hydrogens is 391 g/mol. The summed E-state index contributed by atoms with van der Waals surface area (Å²) in [4.78, 5) is 7.92. The molecule has 6 nitrogen and oxygen atoms in total. The lowest BCUT2D eigenvalue weighted by molar-refractivity contribution is 0.629. The van der Waals surface area contributed by atoms with Crippen molar-refractivity contribution in [1.82, 2.24) is 25.4 Å². The summed E-state index contributed by atoms with van der Waals surface area (Å²) in [5, 5.41) is 11.9. The van der Waals surface area contributed by atoms with Crippen molar-refractivity contribution in [3.05, 3.63) is 89.6 Å². The largest absolute Gasteiger partial charge is 0.361 e. The van der Waals surface area contributed by atoms with Gasteiger partial charge in [-0.25, -0.2) is 9.38 Å². The summed E-state index contributed by atoms with van der Waals surface area (Å²) in [6, 6.07) is 15.2. The third-order valence-electron chi connectivity index (χ3n) is 5.08. The van der Waals surface area contributed by atoms with E-state index < -0.39 is 0 Å². The molecule has 3 N–H and O–H groups in total. The minimum absolute atomic E-state index is 0.217. The molecule has 0 aliphatic rings. The molecule has 4 aromatic rings. The van der Waals surface area contributed by atoms with Crippen molar-refractivity contribution in [3.8, 4) is 0 Å². The third-order valence-corrected chi connectivity index (χ3v) is 5.08. The summed E-state index contributed by atoms with van der Waals surface area (Å²) in [6.45, 7) is 4.86. The second-order valence-electron chi connectivity index (χ2n) is 7.40. The van der Waals surface area contributed by atoms with Gasteiger partial charge in [0, 0.05) is 42.6 Å². The number of guanidine groups is 1. The lowest BCUT2D eigenvalue weighted by atomic mass is 10.1. The number of aliphatic imine (C=N–C) groups is 1. The van der Waals surface area contributed by atoms with Crippen LogP contribution in [0.15, 0.2) is 72.1 Å². The van der Waals surface area contributed by atoms with E-state index in [1.807, 2.05) is 30.1 Å². The van der Waals surface area contributed by atoms with Crippen LogP contribution in [0.1, 0.15) is 23.6 Å². The quantitative estimate of drug-likeness (QED) is 0.301. The maximum atomic E-state index is 13.6. The van der Waals surface area contributed by atoms with E-state index in [0.717, 1.165) is 47.5 Å². The summed E-state index contributed by atoms with van der Waals surface area (Å²) < 4.78 is 15.5. The molecule has 0 aliphatic carbocycles. The number of nitrogens with one attached hydrogen (secondary N) is 3. The number of aromatic amines is 1. The van der Waals surface area contributed by atoms with Crippen LogP contribution in [0.25, 0.3) is 10.9 Å². The van der Waals surface area contributed by atoms with Gasteiger partial charge in [-0.1, -0.05) is 24.3 Å². The highest BCUT2D eigenvalue weighted by Crippen LogP contribution is 2.19. The maximum Gasteiger partial charge on any atom is 0.191 e. The number of aromatic nitrogens is 3. The second-order valence-corrected chi connectivity index (χ2v) is 7.40. The fraction of sp³-hybridized carbons (Fsp3) is 0.250. The Morgan fingerprint density at radius 3 is 2.87 bits per heavy atom. The molecule has 31 heavy (non-hydrogen) atoms. The number of hydrogen-bond acceptors (Lipinski definition) is 2. The first kappa shape index (κ1) is 20.7. The average Bonchev–Trinajstić information content (AvgIpc) is 3.42. The highest BCUT2D eigenvalue weighted by atomic mass is 19.1. The van der Waals surface area contributed by atoms with Crippen molar-refractivity contribution >= 4 is 16.9 Å². The van der Waals surface area contributed by atoms with Crippen LogP contribution in [0.5, 0.6) is 0 Å². The molecule has 2 aromatic heterocycles. The Morgan fingerprint density at radius 2 is 2.03 bits per heavy atom. The molecule has 0 unspecified atom stereocenters. The highest BCUT2D eigenvalue weighted by molar-refractivity contribution is 5.83. The summed E-state index contributed by atoms with van der Waals surface area (Å²) in [7, 11) is 0. The normalized spacial score (nSPS) is 11.7. The molecule has 0 atom stereocenters. The van der Waals surface area contributed by atoms with Crippen LogP contribution in [-0.4, -0.2) is 33.8 Å². The highest BCUT2D eigenvalue weighted by Gasteiger charge is 2.06. The molecule has 0 amide bonds. The van der Waals surface area contributed by atoms with E-state index in [2.05, 4.69) is 45.0 Å². The van der Waals surface area contributed by atoms with Gasteiger partial charge < -0.3 is 15.6 Å². The van der Waals surface area contributed by atoms with Gasteiger partial charge in [0.2, 0.25) is 0 Å². The number of halogens is 1. The zero-order valence-corrected chi connectivity index (χ0v) is 17.6. The van der Waals surface area contributed by atoms with Gasteiger partial charge in [0.05, 0.1) is 13.1 Å². The van der Waals surface area contributed by atoms with Crippen LogP contribution in [0.3, 0.4) is 0 Å². The van der Waals surface area contributed by atoms with Gasteiger partial charge in [0.15, 0.2) is 5.96 Å². The first-order valence-corrected chi connectivity index (χ1v) is 10.5. The number of nitrogens with zero attached hydrogens (tertiary/aromatic N) is 3. The van der Waals surface area contributed by atoms with Crippen LogP contribution in [-0.2, 0) is 19.5 Å². The van der Waals surface area contributed by atoms with Crippen LogP contribution >= 0.6 is 0 Å². The molecule has 0 radical (unpaired) electrons. The van der Waals surface area contributed by atoms with E-state index in [1.165, 1.54) is 11.6 Å². The van der Waals surface area contributed by atoms with Crippen molar-refractivity contribution in [2.24, 2.45) is 4.99 Å². The number of hydrogen-bond donors (Lipinski definition) is 3. The average molecular weight is 419 g/mol. The molecule has 160 valence electrons. The topological polar surface area (TPSA) is 70.0 Å². The Balaban J connectivity index is 1.36. The number of benzene rings is 2. The molecule has 0 bridgehead atoms. The fourth-order valence-corrected chi connectivity index (χ4v) is 3.59. The number of fused-ring (bicyclic) bond motifs is 1. The summed E-state index contributed by atoms with van der Waals surface area (Å²) in [6.07, 6.45) is 6.46. The summed E-state index contributed by atoms with van der Waals surface area (Å²) in [5.41, 5.74) is 4.38. The Morgan fingerprint density at radius 1 is 1.13 bits per heavy atom. The molecule has 0 spiro atoms. The number of rotatable bonds is 8. The van der Waals surface area contributed by atoms with Gasteiger partial charge in [-0.2, -0.15) is 5.10 Å². The fourth-order valence-electron chi connectivity index (χ4n) is 3.59. The van der Waals surface area contributed by atoms with Crippen LogP contribution in [0.4, 0.5) is 4.39 Å². The smallest absolute Gasteiger partial charge is 0.191 e. The van der Waals surface area contributed by atoms with Crippen LogP contribution in [0.2, 0.25) is 0 Å². The van der Waals surface area contributed by atoms with Gasteiger partial charge in [-0.15, -0.1) is 0 Å². The molecule has 0 saturated heterocycles. The van der Waals surface area contributed by atoms with Crippen LogP contribution < -0.4 is 10.6 Å². The molecule has 2 heterocycles. The van der Waals surface area contributed by atoms with E-state index in [-0.39, 0.29) is 5.82 Å². The van der Waals surface area contributed by atoms with E-state index in [0.29, 0.717) is 13.1 Å². The monoisotopic (exact) mass is 418 g/mol. The van der Waals surface area contributed by atoms with Gasteiger partial charge >= 0.3 is 0 Å². The van der Waals surface area contributed by atoms with Crippen molar-refractivity contribution in [1.29, 1.82) is 0 Å². The van der Waals surface area contributed by atoms with Gasteiger partial charge in [0.1, 0.15) is 5.82 Å². The Kier molecular flexibility index (Phi) is 6.62.